The van der Waals surface area contributed by atoms with E-state index in [1.807, 2.05) is 0 Å². The summed E-state index contributed by atoms with van der Waals surface area (Å²) in [7, 11) is 0. The Morgan fingerprint density at radius 3 is 3.00 bits per heavy atom. The van der Waals surface area contributed by atoms with E-state index in [-0.39, 0.29) is 17.5 Å². The topological polar surface area (TPSA) is 62.5 Å². The van der Waals surface area contributed by atoms with Gasteiger partial charge in [0, 0.05) is 11.9 Å². The van der Waals surface area contributed by atoms with Gasteiger partial charge in [0.1, 0.15) is 11.4 Å². The quantitative estimate of drug-likeness (QED) is 0.874. The molecule has 5 heteroatoms. The van der Waals surface area contributed by atoms with E-state index in [9.17, 15) is 9.18 Å². The van der Waals surface area contributed by atoms with E-state index in [1.165, 1.54) is 24.3 Å². The molecule has 0 aliphatic rings. The molecule has 2 rings (SSSR count). The summed E-state index contributed by atoms with van der Waals surface area (Å²) in [6.45, 7) is 2.01. The van der Waals surface area contributed by atoms with E-state index in [4.69, 9.17) is 9.52 Å². The molecule has 2 N–H and O–H groups in total. The molecule has 1 unspecified atom stereocenters. The summed E-state index contributed by atoms with van der Waals surface area (Å²) in [5, 5.41) is 12.2. The number of hydrogen-bond donors (Lipinski definition) is 2. The van der Waals surface area contributed by atoms with Crippen LogP contribution in [0, 0.1) is 5.82 Å². The van der Waals surface area contributed by atoms with Gasteiger partial charge >= 0.3 is 0 Å². The van der Waals surface area contributed by atoms with Crippen LogP contribution < -0.4 is 5.32 Å². The first kappa shape index (κ1) is 12.6. The van der Waals surface area contributed by atoms with Crippen LogP contribution in [0.3, 0.4) is 0 Å². The molecule has 0 fully saturated rings. The lowest BCUT2D eigenvalue weighted by Gasteiger charge is -2.04. The number of nitrogens with one attached hydrogen (secondary N) is 1. The number of hydrogen-bond acceptors (Lipinski definition) is 3. The number of benzene rings is 1. The Kier molecular flexibility index (Phi) is 3.62. The number of amides is 1. The normalized spacial score (nSPS) is 12.6. The number of aliphatic hydroxyl groups is 1. The van der Waals surface area contributed by atoms with Crippen LogP contribution in [0.1, 0.15) is 23.9 Å². The maximum atomic E-state index is 13.0. The Bertz CT molecular complexity index is 562. The molecule has 0 bridgehead atoms. The molecule has 0 spiro atoms. The molecule has 2 aromatic rings. The highest BCUT2D eigenvalue weighted by Gasteiger charge is 2.12. The largest absolute Gasteiger partial charge is 0.451 e. The molecule has 1 atom stereocenters. The summed E-state index contributed by atoms with van der Waals surface area (Å²) >= 11 is 0. The highest BCUT2D eigenvalue weighted by atomic mass is 19.1. The second-order valence-corrected chi connectivity index (χ2v) is 4.19. The maximum Gasteiger partial charge on any atom is 0.287 e. The van der Waals surface area contributed by atoms with E-state index in [0.29, 0.717) is 23.9 Å². The monoisotopic (exact) mass is 251 g/mol. The van der Waals surface area contributed by atoms with Crippen LogP contribution in [0.4, 0.5) is 4.39 Å². The van der Waals surface area contributed by atoms with Crippen LogP contribution in [-0.2, 0) is 0 Å². The zero-order chi connectivity index (χ0) is 13.1. The number of fused-ring (bicyclic) bond motifs is 1. The third kappa shape index (κ3) is 2.87. The average Bonchev–Trinajstić information content (AvgIpc) is 2.71. The molecule has 0 saturated carbocycles. The lowest BCUT2D eigenvalue weighted by atomic mass is 10.2. The number of carbonyl (C=O) groups excluding carboxylic acids is 1. The second-order valence-electron chi connectivity index (χ2n) is 4.19. The molecule has 18 heavy (non-hydrogen) atoms. The van der Waals surface area contributed by atoms with E-state index in [0.717, 1.165) is 0 Å². The van der Waals surface area contributed by atoms with Gasteiger partial charge in [-0.3, -0.25) is 4.79 Å². The molecule has 0 aliphatic carbocycles. The predicted molar refractivity (Wildman–Crippen MR) is 64.8 cm³/mol. The van der Waals surface area contributed by atoms with Gasteiger partial charge in [-0.15, -0.1) is 0 Å². The Balaban J connectivity index is 2.08. The van der Waals surface area contributed by atoms with Crippen molar-refractivity contribution in [2.24, 2.45) is 0 Å². The molecule has 1 aromatic carbocycles. The van der Waals surface area contributed by atoms with Crippen molar-refractivity contribution >= 4 is 16.9 Å². The van der Waals surface area contributed by atoms with Gasteiger partial charge in [-0.25, -0.2) is 4.39 Å². The molecule has 96 valence electrons. The van der Waals surface area contributed by atoms with Crippen LogP contribution in [-0.4, -0.2) is 23.7 Å². The molecule has 0 aliphatic heterocycles. The lowest BCUT2D eigenvalue weighted by molar-refractivity contribution is 0.0920. The number of aliphatic hydroxyl groups excluding tert-OH is 1. The Morgan fingerprint density at radius 2 is 2.28 bits per heavy atom. The highest BCUT2D eigenvalue weighted by molar-refractivity contribution is 5.96. The fraction of sp³-hybridized carbons (Fsp3) is 0.308. The minimum absolute atomic E-state index is 0.140. The summed E-state index contributed by atoms with van der Waals surface area (Å²) in [5.41, 5.74) is 0.470. The van der Waals surface area contributed by atoms with Crippen molar-refractivity contribution < 1.29 is 18.7 Å². The van der Waals surface area contributed by atoms with Crippen LogP contribution in [0.25, 0.3) is 11.0 Å². The Morgan fingerprint density at radius 1 is 1.50 bits per heavy atom. The van der Waals surface area contributed by atoms with Crippen LogP contribution in [0.15, 0.2) is 28.7 Å². The summed E-state index contributed by atoms with van der Waals surface area (Å²) in [6, 6.07) is 5.57. The molecular formula is C13H14FNO3. The van der Waals surface area contributed by atoms with Crippen LogP contribution >= 0.6 is 0 Å². The van der Waals surface area contributed by atoms with Gasteiger partial charge in [0.15, 0.2) is 5.76 Å². The van der Waals surface area contributed by atoms with Crippen LogP contribution in [0.5, 0.6) is 0 Å². The average molecular weight is 251 g/mol. The smallest absolute Gasteiger partial charge is 0.287 e. The van der Waals surface area contributed by atoms with E-state index in [2.05, 4.69) is 5.32 Å². The van der Waals surface area contributed by atoms with Crippen LogP contribution in [0.2, 0.25) is 0 Å². The number of furan rings is 1. The number of carbonyl (C=O) groups is 1. The number of rotatable bonds is 4. The fourth-order valence-corrected chi connectivity index (χ4v) is 1.61. The zero-order valence-corrected chi connectivity index (χ0v) is 9.94. The van der Waals surface area contributed by atoms with Crippen molar-refractivity contribution in [1.82, 2.24) is 5.32 Å². The van der Waals surface area contributed by atoms with Gasteiger partial charge in [0.05, 0.1) is 6.10 Å². The van der Waals surface area contributed by atoms with Gasteiger partial charge in [0.25, 0.3) is 5.91 Å². The second kappa shape index (κ2) is 5.18. The van der Waals surface area contributed by atoms with Crippen molar-refractivity contribution in [3.63, 3.8) is 0 Å². The van der Waals surface area contributed by atoms with Crippen molar-refractivity contribution in [2.45, 2.75) is 19.4 Å². The minimum atomic E-state index is -0.463. The summed E-state index contributed by atoms with van der Waals surface area (Å²) in [5.74, 6) is -0.599. The first-order valence-corrected chi connectivity index (χ1v) is 5.71. The summed E-state index contributed by atoms with van der Waals surface area (Å²) in [6.07, 6.45) is 0.00992. The third-order valence-electron chi connectivity index (χ3n) is 2.55. The van der Waals surface area contributed by atoms with Crippen molar-refractivity contribution in [3.05, 3.63) is 35.8 Å². The summed E-state index contributed by atoms with van der Waals surface area (Å²) in [4.78, 5) is 11.7. The Hall–Kier alpha value is -1.88. The third-order valence-corrected chi connectivity index (χ3v) is 2.55. The van der Waals surface area contributed by atoms with Crippen molar-refractivity contribution in [1.29, 1.82) is 0 Å². The molecule has 1 aromatic heterocycles. The van der Waals surface area contributed by atoms with E-state index >= 15 is 0 Å². The minimum Gasteiger partial charge on any atom is -0.451 e. The molecule has 0 saturated heterocycles. The zero-order valence-electron chi connectivity index (χ0n) is 9.94. The standard InChI is InChI=1S/C13H14FNO3/c1-8(16)4-5-15-13(17)12-7-9-6-10(14)2-3-11(9)18-12/h2-3,6-8,16H,4-5H2,1H3,(H,15,17). The van der Waals surface area contributed by atoms with Gasteiger partial charge in [-0.2, -0.15) is 0 Å². The number of halogens is 1. The fourth-order valence-electron chi connectivity index (χ4n) is 1.61. The highest BCUT2D eigenvalue weighted by Crippen LogP contribution is 2.20. The van der Waals surface area contributed by atoms with E-state index < -0.39 is 6.10 Å². The van der Waals surface area contributed by atoms with E-state index in [1.54, 1.807) is 6.92 Å². The predicted octanol–water partition coefficient (Wildman–Crippen LogP) is 2.07. The van der Waals surface area contributed by atoms with Gasteiger partial charge < -0.3 is 14.8 Å². The summed E-state index contributed by atoms with van der Waals surface area (Å²) < 4.78 is 18.3. The van der Waals surface area contributed by atoms with Crippen molar-refractivity contribution in [3.8, 4) is 0 Å². The molecular weight excluding hydrogens is 237 g/mol. The van der Waals surface area contributed by atoms with Gasteiger partial charge in [-0.05, 0) is 37.6 Å². The Labute approximate surface area is 103 Å². The first-order valence-electron chi connectivity index (χ1n) is 5.71. The maximum absolute atomic E-state index is 13.0. The molecule has 1 heterocycles. The molecule has 4 nitrogen and oxygen atoms in total. The van der Waals surface area contributed by atoms with Crippen molar-refractivity contribution in [2.75, 3.05) is 6.54 Å². The molecule has 0 radical (unpaired) electrons. The lowest BCUT2D eigenvalue weighted by Crippen LogP contribution is -2.26. The van der Waals surface area contributed by atoms with Gasteiger partial charge in [-0.1, -0.05) is 0 Å². The van der Waals surface area contributed by atoms with Gasteiger partial charge in [0.2, 0.25) is 0 Å². The molecule has 1 amide bonds. The first-order chi connectivity index (χ1) is 8.56. The SMILES string of the molecule is CC(O)CCNC(=O)c1cc2cc(F)ccc2o1.